The smallest absolute Gasteiger partial charge is 0.335 e. The van der Waals surface area contributed by atoms with Crippen molar-refractivity contribution in [3.05, 3.63) is 94.0 Å². The van der Waals surface area contributed by atoms with Crippen LogP contribution in [0.25, 0.3) is 10.7 Å². The number of aromatic nitrogens is 2. The van der Waals surface area contributed by atoms with E-state index in [-0.39, 0.29) is 5.56 Å². The van der Waals surface area contributed by atoms with Gasteiger partial charge in [0.25, 0.3) is 0 Å². The average Bonchev–Trinajstić information content (AvgIpc) is 3.32. The Labute approximate surface area is 198 Å². The summed E-state index contributed by atoms with van der Waals surface area (Å²) in [5.41, 5.74) is 4.52. The Morgan fingerprint density at radius 2 is 1.67 bits per heavy atom. The number of aromatic carboxylic acids is 1. The molecule has 0 radical (unpaired) electrons. The van der Waals surface area contributed by atoms with Crippen LogP contribution in [0.5, 0.6) is 0 Å². The third kappa shape index (κ3) is 5.46. The number of anilines is 2. The van der Waals surface area contributed by atoms with Gasteiger partial charge in [0.2, 0.25) is 0 Å². The minimum atomic E-state index is -0.936. The van der Waals surface area contributed by atoms with E-state index in [1.54, 1.807) is 35.6 Å². The molecule has 4 rings (SSSR count). The molecule has 0 aliphatic rings. The monoisotopic (exact) mass is 457 g/mol. The second kappa shape index (κ2) is 10.4. The lowest BCUT2D eigenvalue weighted by atomic mass is 10.1. The van der Waals surface area contributed by atoms with Gasteiger partial charge in [-0.2, -0.15) is 0 Å². The molecule has 0 saturated carbocycles. The van der Waals surface area contributed by atoms with Gasteiger partial charge in [-0.3, -0.25) is 0 Å². The lowest BCUT2D eigenvalue weighted by molar-refractivity contribution is 0.0697. The third-order valence-corrected chi connectivity index (χ3v) is 6.70. The first-order valence-corrected chi connectivity index (χ1v) is 12.0. The molecule has 2 aromatic heterocycles. The van der Waals surface area contributed by atoms with E-state index in [4.69, 9.17) is 15.1 Å². The highest BCUT2D eigenvalue weighted by atomic mass is 32.1. The third-order valence-electron chi connectivity index (χ3n) is 5.56. The second-order valence-electron chi connectivity index (χ2n) is 7.79. The summed E-state index contributed by atoms with van der Waals surface area (Å²) in [4.78, 5) is 23.3. The average molecular weight is 458 g/mol. The fourth-order valence-electron chi connectivity index (χ4n) is 3.79. The fourth-order valence-corrected chi connectivity index (χ4v) is 4.73. The van der Waals surface area contributed by atoms with Gasteiger partial charge < -0.3 is 10.4 Å². The van der Waals surface area contributed by atoms with Crippen molar-refractivity contribution in [1.82, 2.24) is 9.97 Å². The topological polar surface area (TPSA) is 75.1 Å². The van der Waals surface area contributed by atoms with Crippen LogP contribution in [0.4, 0.5) is 11.5 Å². The largest absolute Gasteiger partial charge is 0.478 e. The van der Waals surface area contributed by atoms with Crippen molar-refractivity contribution in [3.8, 4) is 10.7 Å². The van der Waals surface area contributed by atoms with Crippen LogP contribution in [-0.4, -0.2) is 21.0 Å². The Morgan fingerprint density at radius 3 is 2.33 bits per heavy atom. The molecule has 2 aromatic carbocycles. The summed E-state index contributed by atoms with van der Waals surface area (Å²) in [6.45, 7) is 4.21. The fraction of sp³-hybridized carbons (Fsp3) is 0.222. The molecule has 33 heavy (non-hydrogen) atoms. The lowest BCUT2D eigenvalue weighted by Gasteiger charge is -2.15. The highest BCUT2D eigenvalue weighted by Crippen LogP contribution is 2.31. The zero-order valence-corrected chi connectivity index (χ0v) is 19.7. The molecule has 0 unspecified atom stereocenters. The second-order valence-corrected chi connectivity index (χ2v) is 8.96. The molecule has 0 aliphatic heterocycles. The number of carboxylic acid groups (broad SMARTS) is 1. The van der Waals surface area contributed by atoms with E-state index in [9.17, 15) is 4.79 Å². The van der Waals surface area contributed by atoms with E-state index in [0.29, 0.717) is 0 Å². The molecule has 0 atom stereocenters. The zero-order chi connectivity index (χ0) is 23.2. The molecule has 0 amide bonds. The number of nitrogens with one attached hydrogen (secondary N) is 1. The summed E-state index contributed by atoms with van der Waals surface area (Å²) in [6.07, 6.45) is 3.63. The summed E-state index contributed by atoms with van der Waals surface area (Å²) in [6, 6.07) is 21.5. The molecule has 0 fully saturated rings. The molecule has 2 N–H and O–H groups in total. The van der Waals surface area contributed by atoms with Crippen molar-refractivity contribution >= 4 is 28.8 Å². The molecule has 0 saturated heterocycles. The van der Waals surface area contributed by atoms with Gasteiger partial charge in [-0.05, 0) is 67.6 Å². The van der Waals surface area contributed by atoms with Crippen LogP contribution in [0.1, 0.15) is 45.9 Å². The molecule has 168 valence electrons. The van der Waals surface area contributed by atoms with Crippen LogP contribution in [-0.2, 0) is 25.7 Å². The Morgan fingerprint density at radius 1 is 0.909 bits per heavy atom. The molecule has 0 aliphatic carbocycles. The summed E-state index contributed by atoms with van der Waals surface area (Å²) >= 11 is 1.74. The van der Waals surface area contributed by atoms with E-state index in [1.165, 1.54) is 10.4 Å². The number of aryl methyl sites for hydroxylation is 3. The van der Waals surface area contributed by atoms with Crippen molar-refractivity contribution in [2.24, 2.45) is 0 Å². The number of benzene rings is 2. The Bertz CT molecular complexity index is 1230. The number of hydrogen-bond donors (Lipinski definition) is 2. The van der Waals surface area contributed by atoms with Gasteiger partial charge in [-0.1, -0.05) is 44.2 Å². The van der Waals surface area contributed by atoms with Gasteiger partial charge in [0.05, 0.1) is 10.4 Å². The highest BCUT2D eigenvalue weighted by Gasteiger charge is 2.15. The predicted octanol–water partition coefficient (Wildman–Crippen LogP) is 6.56. The maximum absolute atomic E-state index is 11.1. The number of rotatable bonds is 9. The number of carbonyl (C=O) groups is 1. The molecule has 2 heterocycles. The van der Waals surface area contributed by atoms with Crippen LogP contribution in [0, 0.1) is 0 Å². The first-order chi connectivity index (χ1) is 16.1. The number of thiophene rings is 1. The van der Waals surface area contributed by atoms with Crippen LogP contribution in [0.15, 0.2) is 66.7 Å². The number of nitrogens with zero attached hydrogens (tertiary/aromatic N) is 2. The van der Waals surface area contributed by atoms with Crippen molar-refractivity contribution in [2.45, 2.75) is 39.5 Å². The Kier molecular flexibility index (Phi) is 7.15. The maximum atomic E-state index is 11.1. The van der Waals surface area contributed by atoms with Gasteiger partial charge in [0, 0.05) is 21.8 Å². The van der Waals surface area contributed by atoms with Crippen molar-refractivity contribution < 1.29 is 9.90 Å². The lowest BCUT2D eigenvalue weighted by Crippen LogP contribution is -2.07. The van der Waals surface area contributed by atoms with Gasteiger partial charge >= 0.3 is 5.97 Å². The van der Waals surface area contributed by atoms with Gasteiger partial charge in [-0.25, -0.2) is 14.8 Å². The quantitative estimate of drug-likeness (QED) is 0.298. The molecule has 0 spiro atoms. The molecule has 0 bridgehead atoms. The van der Waals surface area contributed by atoms with Crippen LogP contribution < -0.4 is 5.32 Å². The van der Waals surface area contributed by atoms with Crippen LogP contribution >= 0.6 is 11.3 Å². The van der Waals surface area contributed by atoms with Crippen molar-refractivity contribution in [1.29, 1.82) is 0 Å². The Hall–Kier alpha value is -3.51. The van der Waals surface area contributed by atoms with Crippen molar-refractivity contribution in [3.63, 3.8) is 0 Å². The number of hydrogen-bond acceptors (Lipinski definition) is 5. The van der Waals surface area contributed by atoms with E-state index in [1.807, 2.05) is 6.07 Å². The van der Waals surface area contributed by atoms with Crippen LogP contribution in [0.2, 0.25) is 0 Å². The molecule has 5 nitrogen and oxygen atoms in total. The predicted molar refractivity (Wildman–Crippen MR) is 135 cm³/mol. The molecule has 6 heteroatoms. The first kappa shape index (κ1) is 22.7. The normalized spacial score (nSPS) is 10.8. The molecular formula is C27H27N3O2S. The Balaban J connectivity index is 1.60. The number of carboxylic acids is 1. The molecule has 4 aromatic rings. The van der Waals surface area contributed by atoms with E-state index >= 15 is 0 Å². The summed E-state index contributed by atoms with van der Waals surface area (Å²) in [5.74, 6) is 0.570. The summed E-state index contributed by atoms with van der Waals surface area (Å²) in [5, 5.41) is 12.5. The first-order valence-electron chi connectivity index (χ1n) is 11.2. The van der Waals surface area contributed by atoms with Crippen LogP contribution in [0.3, 0.4) is 0 Å². The van der Waals surface area contributed by atoms with Gasteiger partial charge in [0.1, 0.15) is 5.82 Å². The molecular weight excluding hydrogens is 430 g/mol. The SMILES string of the molecule is CCc1nc(-c2ccc(CCc3ccccc3)s2)nc(Nc2ccc(C(=O)O)cc2)c1CC. The standard InChI is InChI=1S/C27H27N3O2S/c1-3-22-23(4-2)29-26(30-25(22)28-20-13-11-19(12-14-20)27(31)32)24-17-16-21(33-24)15-10-18-8-6-5-7-9-18/h5-9,11-14,16-17H,3-4,10,15H2,1-2H3,(H,31,32)(H,28,29,30). The van der Waals surface area contributed by atoms with Crippen molar-refractivity contribution in [2.75, 3.05) is 5.32 Å². The highest BCUT2D eigenvalue weighted by molar-refractivity contribution is 7.15. The van der Waals surface area contributed by atoms with E-state index < -0.39 is 5.97 Å². The maximum Gasteiger partial charge on any atom is 0.335 e. The summed E-state index contributed by atoms with van der Waals surface area (Å²) < 4.78 is 0. The van der Waals surface area contributed by atoms with E-state index in [0.717, 1.165) is 59.1 Å². The minimum absolute atomic E-state index is 0.260. The summed E-state index contributed by atoms with van der Waals surface area (Å²) in [7, 11) is 0. The zero-order valence-electron chi connectivity index (χ0n) is 18.8. The van der Waals surface area contributed by atoms with Gasteiger partial charge in [0.15, 0.2) is 5.82 Å². The van der Waals surface area contributed by atoms with Gasteiger partial charge in [-0.15, -0.1) is 11.3 Å². The minimum Gasteiger partial charge on any atom is -0.478 e. The van der Waals surface area contributed by atoms with E-state index in [2.05, 4.69) is 55.6 Å².